The van der Waals surface area contributed by atoms with E-state index in [1.807, 2.05) is 73.7 Å². The van der Waals surface area contributed by atoms with Crippen LogP contribution in [0.1, 0.15) is 33.4 Å². The molecule has 228 valence electrons. The number of hydrogen-bond acceptors (Lipinski definition) is 4. The lowest BCUT2D eigenvalue weighted by Gasteiger charge is -2.34. The van der Waals surface area contributed by atoms with Crippen LogP contribution in [0.25, 0.3) is 11.1 Å². The molecule has 6 aromatic carbocycles. The van der Waals surface area contributed by atoms with E-state index >= 15 is 0 Å². The van der Waals surface area contributed by atoms with Crippen LogP contribution in [0.4, 0.5) is 24.5 Å². The van der Waals surface area contributed by atoms with Crippen LogP contribution in [0.2, 0.25) is 0 Å². The molecule has 0 amide bonds. The molecule has 4 nitrogen and oxygen atoms in total. The highest BCUT2D eigenvalue weighted by Gasteiger charge is 2.46. The van der Waals surface area contributed by atoms with Gasteiger partial charge in [0.15, 0.2) is 0 Å². The van der Waals surface area contributed by atoms with Crippen molar-refractivity contribution in [3.8, 4) is 34.1 Å². The maximum absolute atomic E-state index is 13.8. The lowest BCUT2D eigenvalue weighted by molar-refractivity contribution is -0.138. The van der Waals surface area contributed by atoms with Gasteiger partial charge < -0.3 is 20.9 Å². The van der Waals surface area contributed by atoms with E-state index in [0.29, 0.717) is 11.4 Å². The summed E-state index contributed by atoms with van der Waals surface area (Å²) >= 11 is 0. The first kappa shape index (κ1) is 29.0. The fourth-order valence-electron chi connectivity index (χ4n) is 6.47. The first-order valence-corrected chi connectivity index (χ1v) is 14.7. The van der Waals surface area contributed by atoms with Gasteiger partial charge in [-0.15, -0.1) is 0 Å². The largest absolute Gasteiger partial charge is 0.457 e. The smallest absolute Gasteiger partial charge is 0.420 e. The Morgan fingerprint density at radius 2 is 1.00 bits per heavy atom. The summed E-state index contributed by atoms with van der Waals surface area (Å²) in [5, 5.41) is 0. The number of aryl methyl sites for hydroxylation is 1. The van der Waals surface area contributed by atoms with Crippen molar-refractivity contribution in [3.05, 3.63) is 167 Å². The van der Waals surface area contributed by atoms with E-state index in [4.69, 9.17) is 20.9 Å². The zero-order valence-corrected chi connectivity index (χ0v) is 24.8. The average Bonchev–Trinajstić information content (AvgIpc) is 3.35. The topological polar surface area (TPSA) is 70.5 Å². The van der Waals surface area contributed by atoms with Crippen LogP contribution in [-0.2, 0) is 11.6 Å². The van der Waals surface area contributed by atoms with Gasteiger partial charge >= 0.3 is 6.18 Å². The van der Waals surface area contributed by atoms with Gasteiger partial charge in [-0.2, -0.15) is 13.2 Å². The van der Waals surface area contributed by atoms with Crippen LogP contribution in [0.5, 0.6) is 23.0 Å². The highest BCUT2D eigenvalue weighted by atomic mass is 19.4. The number of ether oxygens (including phenoxy) is 2. The second-order valence-electron chi connectivity index (χ2n) is 11.4. The zero-order chi connectivity index (χ0) is 32.1. The highest BCUT2D eigenvalue weighted by molar-refractivity contribution is 5.86. The minimum absolute atomic E-state index is 0.00977. The molecule has 0 fully saturated rings. The van der Waals surface area contributed by atoms with Gasteiger partial charge in [0.25, 0.3) is 0 Å². The van der Waals surface area contributed by atoms with E-state index < -0.39 is 17.2 Å². The van der Waals surface area contributed by atoms with Gasteiger partial charge in [0.1, 0.15) is 28.6 Å². The zero-order valence-electron chi connectivity index (χ0n) is 24.8. The Labute approximate surface area is 264 Å². The summed E-state index contributed by atoms with van der Waals surface area (Å²) in [6.07, 6.45) is -4.62. The van der Waals surface area contributed by atoms with Crippen molar-refractivity contribution in [1.29, 1.82) is 0 Å². The summed E-state index contributed by atoms with van der Waals surface area (Å²) < 4.78 is 53.3. The molecule has 0 saturated carbocycles. The number of alkyl halides is 3. The van der Waals surface area contributed by atoms with E-state index in [2.05, 4.69) is 36.4 Å². The standard InChI is InChI=1S/C39H29F3N2O2/c1-24-22-27(43)14-20-36(24)45-29-16-10-25(11-17-29)38(33-8-4-2-6-31(33)32-7-3-5-9-34(32)38)26-12-18-30(19-13-26)46-37-21-15-28(44)23-35(37)39(40,41)42/h2-23H,43-44H2,1H3. The van der Waals surface area contributed by atoms with Crippen molar-refractivity contribution in [2.75, 3.05) is 11.5 Å². The second-order valence-corrected chi connectivity index (χ2v) is 11.4. The molecule has 0 saturated heterocycles. The molecule has 1 aliphatic rings. The fraction of sp³-hybridized carbons (Fsp3) is 0.0769. The maximum Gasteiger partial charge on any atom is 0.420 e. The minimum Gasteiger partial charge on any atom is -0.457 e. The summed E-state index contributed by atoms with van der Waals surface area (Å²) in [7, 11) is 0. The van der Waals surface area contributed by atoms with Gasteiger partial charge in [-0.25, -0.2) is 0 Å². The predicted molar refractivity (Wildman–Crippen MR) is 175 cm³/mol. The van der Waals surface area contributed by atoms with Crippen LogP contribution < -0.4 is 20.9 Å². The molecule has 0 bridgehead atoms. The fourth-order valence-corrected chi connectivity index (χ4v) is 6.47. The number of halogens is 3. The molecule has 0 atom stereocenters. The van der Waals surface area contributed by atoms with Crippen molar-refractivity contribution in [2.24, 2.45) is 0 Å². The summed E-state index contributed by atoms with van der Waals surface area (Å²) in [6, 6.07) is 40.9. The molecule has 7 heteroatoms. The Morgan fingerprint density at radius 3 is 1.50 bits per heavy atom. The average molecular weight is 615 g/mol. The summed E-state index contributed by atoms with van der Waals surface area (Å²) in [5.74, 6) is 1.36. The van der Waals surface area contributed by atoms with Gasteiger partial charge in [-0.1, -0.05) is 72.8 Å². The van der Waals surface area contributed by atoms with E-state index in [1.165, 1.54) is 12.1 Å². The predicted octanol–water partition coefficient (Wildman–Crippen LogP) is 10.1. The quantitative estimate of drug-likeness (QED) is 0.183. The van der Waals surface area contributed by atoms with Gasteiger partial charge in [0.05, 0.1) is 5.41 Å². The van der Waals surface area contributed by atoms with Crippen molar-refractivity contribution < 1.29 is 22.6 Å². The van der Waals surface area contributed by atoms with Crippen LogP contribution in [0.15, 0.2) is 133 Å². The molecule has 4 N–H and O–H groups in total. The van der Waals surface area contributed by atoms with Gasteiger partial charge in [0.2, 0.25) is 0 Å². The molecule has 0 aliphatic heterocycles. The van der Waals surface area contributed by atoms with E-state index in [-0.39, 0.29) is 17.2 Å². The van der Waals surface area contributed by atoms with Crippen molar-refractivity contribution >= 4 is 11.4 Å². The number of anilines is 2. The number of benzene rings is 6. The van der Waals surface area contributed by atoms with Crippen molar-refractivity contribution in [3.63, 3.8) is 0 Å². The normalized spacial score (nSPS) is 13.1. The summed E-state index contributed by atoms with van der Waals surface area (Å²) in [6.45, 7) is 1.95. The minimum atomic E-state index is -4.62. The molecular formula is C39H29F3N2O2. The first-order valence-electron chi connectivity index (χ1n) is 14.7. The molecule has 7 rings (SSSR count). The number of rotatable bonds is 6. The lowest BCUT2D eigenvalue weighted by atomic mass is 9.68. The molecular weight excluding hydrogens is 585 g/mol. The van der Waals surface area contributed by atoms with Gasteiger partial charge in [-0.3, -0.25) is 0 Å². The Balaban J connectivity index is 1.33. The van der Waals surface area contributed by atoms with Gasteiger partial charge in [-0.05, 0) is 107 Å². The number of nitrogen functional groups attached to an aromatic ring is 2. The summed E-state index contributed by atoms with van der Waals surface area (Å²) in [5.41, 5.74) is 17.9. The Hall–Kier alpha value is -5.69. The highest BCUT2D eigenvalue weighted by Crippen LogP contribution is 2.56. The molecule has 1 aliphatic carbocycles. The Kier molecular flexibility index (Phi) is 6.97. The number of hydrogen-bond donors (Lipinski definition) is 2. The van der Waals surface area contributed by atoms with Crippen LogP contribution >= 0.6 is 0 Å². The third kappa shape index (κ3) is 4.90. The number of nitrogens with two attached hydrogens (primary N) is 2. The van der Waals surface area contributed by atoms with Crippen LogP contribution in [0, 0.1) is 6.92 Å². The Morgan fingerprint density at radius 1 is 0.543 bits per heavy atom. The van der Waals surface area contributed by atoms with Gasteiger partial charge in [0, 0.05) is 11.4 Å². The maximum atomic E-state index is 13.8. The van der Waals surface area contributed by atoms with Crippen LogP contribution in [-0.4, -0.2) is 0 Å². The number of fused-ring (bicyclic) bond motifs is 3. The summed E-state index contributed by atoms with van der Waals surface area (Å²) in [4.78, 5) is 0. The lowest BCUT2D eigenvalue weighted by Crippen LogP contribution is -2.28. The SMILES string of the molecule is Cc1cc(N)ccc1Oc1ccc(C2(c3ccc(Oc4ccc(N)cc4C(F)(F)F)cc3)c3ccccc3-c3ccccc32)cc1. The van der Waals surface area contributed by atoms with Crippen molar-refractivity contribution in [1.82, 2.24) is 0 Å². The molecule has 0 aromatic heterocycles. The van der Waals surface area contributed by atoms with Crippen molar-refractivity contribution in [2.45, 2.75) is 18.5 Å². The Bertz CT molecular complexity index is 2020. The van der Waals surface area contributed by atoms with E-state index in [1.54, 1.807) is 12.1 Å². The third-order valence-electron chi connectivity index (χ3n) is 8.49. The third-order valence-corrected chi connectivity index (χ3v) is 8.49. The van der Waals surface area contributed by atoms with E-state index in [0.717, 1.165) is 50.8 Å². The molecule has 0 radical (unpaired) electrons. The first-order chi connectivity index (χ1) is 22.1. The molecule has 6 aromatic rings. The molecule has 0 unspecified atom stereocenters. The molecule has 46 heavy (non-hydrogen) atoms. The molecule has 0 heterocycles. The second kappa shape index (κ2) is 11.0. The molecule has 0 spiro atoms. The van der Waals surface area contributed by atoms with Crippen LogP contribution in [0.3, 0.4) is 0 Å². The monoisotopic (exact) mass is 614 g/mol. The van der Waals surface area contributed by atoms with E-state index in [9.17, 15) is 13.2 Å².